The first-order chi connectivity index (χ1) is 35.5. The molecule has 0 aliphatic carbocycles. The summed E-state index contributed by atoms with van der Waals surface area (Å²) in [5, 5.41) is 0. The summed E-state index contributed by atoms with van der Waals surface area (Å²) in [5.41, 5.74) is 0. The van der Waals surface area contributed by atoms with Gasteiger partial charge in [-0.05, 0) is 83.5 Å². The number of ether oxygens (including phenoxy) is 3. The highest BCUT2D eigenvalue weighted by Gasteiger charge is 2.19. The molecule has 0 fully saturated rings. The quantitative estimate of drug-likeness (QED) is 0.0261. The molecule has 1 unspecified atom stereocenters. The summed E-state index contributed by atoms with van der Waals surface area (Å²) >= 11 is 0. The van der Waals surface area contributed by atoms with Gasteiger partial charge in [0.2, 0.25) is 0 Å². The molecule has 1 atom stereocenters. The lowest BCUT2D eigenvalue weighted by molar-refractivity contribution is -0.167. The summed E-state index contributed by atoms with van der Waals surface area (Å²) in [6.07, 6.45) is 75.8. The Labute approximate surface area is 448 Å². The van der Waals surface area contributed by atoms with Crippen LogP contribution in [0.4, 0.5) is 0 Å². The van der Waals surface area contributed by atoms with Gasteiger partial charge in [-0.25, -0.2) is 0 Å². The van der Waals surface area contributed by atoms with Gasteiger partial charge in [0, 0.05) is 19.3 Å². The average molecular weight is 1010 g/mol. The van der Waals surface area contributed by atoms with Crippen LogP contribution in [0.2, 0.25) is 0 Å². The Morgan fingerprint density at radius 3 is 0.778 bits per heavy atom. The molecule has 0 saturated heterocycles. The first-order valence-electron chi connectivity index (χ1n) is 31.6. The van der Waals surface area contributed by atoms with Crippen molar-refractivity contribution in [2.75, 3.05) is 13.2 Å². The zero-order valence-electron chi connectivity index (χ0n) is 48.2. The molecule has 0 aromatic heterocycles. The molecule has 0 aliphatic heterocycles. The SMILES string of the molecule is CCCCCC/C=C\C/C=C\CCCCCCCC(=O)OC(COC(=O)CCCCCCCCC)COC(=O)CCCCCCCCCCCCCCCCCCCCC/C=C\C/C=C\CCCCCCC. The van der Waals surface area contributed by atoms with E-state index in [1.54, 1.807) is 0 Å². The number of carbonyl (C=O) groups excluding carboxylic acids is 3. The van der Waals surface area contributed by atoms with E-state index in [1.165, 1.54) is 205 Å². The number of hydrogen-bond acceptors (Lipinski definition) is 6. The molecule has 420 valence electrons. The molecule has 0 bridgehead atoms. The van der Waals surface area contributed by atoms with Gasteiger partial charge in [-0.2, -0.15) is 0 Å². The van der Waals surface area contributed by atoms with Crippen molar-refractivity contribution in [1.82, 2.24) is 0 Å². The normalized spacial score (nSPS) is 12.3. The molecule has 0 rings (SSSR count). The van der Waals surface area contributed by atoms with Gasteiger partial charge in [0.15, 0.2) is 6.10 Å². The Morgan fingerprint density at radius 2 is 0.500 bits per heavy atom. The molecule has 0 aromatic rings. The Bertz CT molecular complexity index is 1250. The van der Waals surface area contributed by atoms with E-state index in [9.17, 15) is 14.4 Å². The van der Waals surface area contributed by atoms with Crippen LogP contribution in [-0.4, -0.2) is 37.2 Å². The van der Waals surface area contributed by atoms with Crippen molar-refractivity contribution in [2.45, 2.75) is 341 Å². The zero-order valence-corrected chi connectivity index (χ0v) is 48.2. The van der Waals surface area contributed by atoms with Crippen molar-refractivity contribution in [3.8, 4) is 0 Å². The van der Waals surface area contributed by atoms with E-state index in [2.05, 4.69) is 69.4 Å². The van der Waals surface area contributed by atoms with Crippen molar-refractivity contribution in [1.29, 1.82) is 0 Å². The molecule has 0 saturated carbocycles. The standard InChI is InChI=1S/C66H120O6/c1-4-7-10-13-16-18-20-22-24-26-27-28-29-30-31-32-33-34-35-36-37-38-39-40-42-43-45-47-50-53-56-59-65(68)71-62-63(61-70-64(67)58-55-52-49-15-12-9-6-3)72-66(69)60-57-54-51-48-46-44-41-25-23-21-19-17-14-11-8-5-2/h19-22,25-27,41,63H,4-18,23-24,28-40,42-62H2,1-3H3/b21-19-,22-20-,27-26-,41-25-. The van der Waals surface area contributed by atoms with Crippen molar-refractivity contribution in [2.24, 2.45) is 0 Å². The second-order valence-corrected chi connectivity index (χ2v) is 21.3. The fourth-order valence-electron chi connectivity index (χ4n) is 9.27. The van der Waals surface area contributed by atoms with E-state index in [0.717, 1.165) is 89.9 Å². The van der Waals surface area contributed by atoms with E-state index in [1.807, 2.05) is 0 Å². The summed E-state index contributed by atoms with van der Waals surface area (Å²) in [5.74, 6) is -0.880. The second kappa shape index (κ2) is 60.9. The molecule has 6 nitrogen and oxygen atoms in total. The topological polar surface area (TPSA) is 78.9 Å². The Hall–Kier alpha value is -2.63. The molecule has 0 spiro atoms. The van der Waals surface area contributed by atoms with E-state index in [0.29, 0.717) is 19.3 Å². The fourth-order valence-corrected chi connectivity index (χ4v) is 9.27. The molecule has 0 aromatic carbocycles. The summed E-state index contributed by atoms with van der Waals surface area (Å²) in [7, 11) is 0. The molecule has 0 amide bonds. The molecule has 0 radical (unpaired) electrons. The van der Waals surface area contributed by atoms with Crippen LogP contribution in [-0.2, 0) is 28.6 Å². The molecule has 6 heteroatoms. The molecular weight excluding hydrogens is 889 g/mol. The second-order valence-electron chi connectivity index (χ2n) is 21.3. The van der Waals surface area contributed by atoms with Crippen LogP contribution in [0, 0.1) is 0 Å². The van der Waals surface area contributed by atoms with Gasteiger partial charge in [-0.15, -0.1) is 0 Å². The van der Waals surface area contributed by atoms with Crippen LogP contribution in [0.15, 0.2) is 48.6 Å². The monoisotopic (exact) mass is 1010 g/mol. The van der Waals surface area contributed by atoms with Gasteiger partial charge in [-0.3, -0.25) is 14.4 Å². The van der Waals surface area contributed by atoms with Gasteiger partial charge in [0.05, 0.1) is 0 Å². The minimum atomic E-state index is -0.775. The van der Waals surface area contributed by atoms with E-state index < -0.39 is 6.10 Å². The lowest BCUT2D eigenvalue weighted by Crippen LogP contribution is -2.30. The van der Waals surface area contributed by atoms with E-state index >= 15 is 0 Å². The summed E-state index contributed by atoms with van der Waals surface area (Å²) < 4.78 is 16.8. The average Bonchev–Trinajstić information content (AvgIpc) is 3.38. The smallest absolute Gasteiger partial charge is 0.306 e. The minimum absolute atomic E-state index is 0.0750. The van der Waals surface area contributed by atoms with Gasteiger partial charge in [0.1, 0.15) is 13.2 Å². The minimum Gasteiger partial charge on any atom is -0.462 e. The fraction of sp³-hybridized carbons (Fsp3) is 0.833. The van der Waals surface area contributed by atoms with Crippen molar-refractivity contribution in [3.63, 3.8) is 0 Å². The van der Waals surface area contributed by atoms with Crippen molar-refractivity contribution in [3.05, 3.63) is 48.6 Å². The maximum Gasteiger partial charge on any atom is 0.306 e. The lowest BCUT2D eigenvalue weighted by atomic mass is 10.0. The molecule has 0 aliphatic rings. The van der Waals surface area contributed by atoms with Crippen LogP contribution in [0.5, 0.6) is 0 Å². The third-order valence-electron chi connectivity index (χ3n) is 14.1. The van der Waals surface area contributed by atoms with Gasteiger partial charge in [0.25, 0.3) is 0 Å². The number of esters is 3. The highest BCUT2D eigenvalue weighted by molar-refractivity contribution is 5.71. The van der Waals surface area contributed by atoms with Crippen LogP contribution in [0.25, 0.3) is 0 Å². The largest absolute Gasteiger partial charge is 0.462 e. The van der Waals surface area contributed by atoms with Crippen LogP contribution >= 0.6 is 0 Å². The number of allylic oxidation sites excluding steroid dienone is 8. The number of hydrogen-bond donors (Lipinski definition) is 0. The maximum absolute atomic E-state index is 12.8. The van der Waals surface area contributed by atoms with Crippen LogP contribution in [0.3, 0.4) is 0 Å². The van der Waals surface area contributed by atoms with Crippen molar-refractivity contribution < 1.29 is 28.6 Å². The van der Waals surface area contributed by atoms with Gasteiger partial charge < -0.3 is 14.2 Å². The van der Waals surface area contributed by atoms with Crippen molar-refractivity contribution >= 4 is 17.9 Å². The van der Waals surface area contributed by atoms with Gasteiger partial charge >= 0.3 is 17.9 Å². The Kier molecular flexibility index (Phi) is 58.7. The van der Waals surface area contributed by atoms with Gasteiger partial charge in [-0.1, -0.05) is 281 Å². The van der Waals surface area contributed by atoms with Crippen LogP contribution < -0.4 is 0 Å². The van der Waals surface area contributed by atoms with E-state index in [-0.39, 0.29) is 31.1 Å². The lowest BCUT2D eigenvalue weighted by Gasteiger charge is -2.18. The first-order valence-corrected chi connectivity index (χ1v) is 31.6. The Morgan fingerprint density at radius 1 is 0.278 bits per heavy atom. The highest BCUT2D eigenvalue weighted by Crippen LogP contribution is 2.17. The number of unbranched alkanes of at least 4 members (excludes halogenated alkanes) is 39. The summed E-state index contributed by atoms with van der Waals surface area (Å²) in [6, 6.07) is 0. The Balaban J connectivity index is 4.02. The predicted octanol–water partition coefficient (Wildman–Crippen LogP) is 21.4. The summed E-state index contributed by atoms with van der Waals surface area (Å²) in [6.45, 7) is 6.59. The number of carbonyl (C=O) groups is 3. The predicted molar refractivity (Wildman–Crippen MR) is 312 cm³/mol. The summed E-state index contributed by atoms with van der Waals surface area (Å²) in [4.78, 5) is 38.0. The van der Waals surface area contributed by atoms with Crippen LogP contribution in [0.1, 0.15) is 335 Å². The molecule has 0 N–H and O–H groups in total. The maximum atomic E-state index is 12.8. The molecule has 72 heavy (non-hydrogen) atoms. The zero-order chi connectivity index (χ0) is 52.2. The molecular formula is C66H120O6. The molecule has 0 heterocycles. The van der Waals surface area contributed by atoms with E-state index in [4.69, 9.17) is 14.2 Å². The third-order valence-corrected chi connectivity index (χ3v) is 14.1. The third kappa shape index (κ3) is 58.3. The number of rotatable bonds is 58. The highest BCUT2D eigenvalue weighted by atomic mass is 16.6. The first kappa shape index (κ1) is 69.4.